The van der Waals surface area contributed by atoms with Crippen LogP contribution in [0.15, 0.2) is 24.3 Å². The van der Waals surface area contributed by atoms with Gasteiger partial charge < -0.3 is 14.5 Å². The van der Waals surface area contributed by atoms with Crippen LogP contribution in [0.4, 0.5) is 5.69 Å². The minimum absolute atomic E-state index is 0.0855. The van der Waals surface area contributed by atoms with E-state index in [0.29, 0.717) is 5.56 Å². The summed E-state index contributed by atoms with van der Waals surface area (Å²) in [5, 5.41) is 0. The number of hydrogen-bond donors (Lipinski definition) is 0. The third kappa shape index (κ3) is 4.35. The first-order chi connectivity index (χ1) is 9.76. The minimum atomic E-state index is -0.490. The summed E-state index contributed by atoms with van der Waals surface area (Å²) in [6, 6.07) is 7.48. The number of alkyl halides is 1. The molecule has 0 aliphatic carbocycles. The molecule has 1 atom stereocenters. The first kappa shape index (κ1) is 16.1. The second-order valence-corrected chi connectivity index (χ2v) is 6.95. The minimum Gasteiger partial charge on any atom is -0.456 e. The molecule has 1 aliphatic heterocycles. The van der Waals surface area contributed by atoms with Gasteiger partial charge in [0.25, 0.3) is 0 Å². The fourth-order valence-corrected chi connectivity index (χ4v) is 2.75. The van der Waals surface area contributed by atoms with Crippen molar-refractivity contribution >= 4 is 23.3 Å². The number of carbonyl (C=O) groups is 1. The molecule has 1 aliphatic rings. The van der Waals surface area contributed by atoms with E-state index in [4.69, 9.17) is 16.3 Å². The van der Waals surface area contributed by atoms with Crippen LogP contribution in [0.5, 0.6) is 0 Å². The van der Waals surface area contributed by atoms with Crippen molar-refractivity contribution in [3.05, 3.63) is 29.8 Å². The molecule has 1 fully saturated rings. The highest BCUT2D eigenvalue weighted by atomic mass is 35.5. The van der Waals surface area contributed by atoms with Gasteiger partial charge in [-0.05, 0) is 46.0 Å². The smallest absolute Gasteiger partial charge is 0.338 e. The zero-order chi connectivity index (χ0) is 15.6. The third-order valence-corrected chi connectivity index (χ3v) is 3.71. The van der Waals surface area contributed by atoms with Crippen LogP contribution in [0.1, 0.15) is 31.1 Å². The molecule has 116 valence electrons. The lowest BCUT2D eigenvalue weighted by atomic mass is 10.1. The third-order valence-electron chi connectivity index (χ3n) is 3.34. The predicted molar refractivity (Wildman–Crippen MR) is 86.1 cm³/mol. The highest BCUT2D eigenvalue weighted by molar-refractivity contribution is 6.22. The maximum atomic E-state index is 12.1. The lowest BCUT2D eigenvalue weighted by Gasteiger charge is -2.38. The number of ether oxygens (including phenoxy) is 1. The molecule has 1 aromatic rings. The van der Waals surface area contributed by atoms with Crippen LogP contribution in [-0.2, 0) is 4.74 Å². The molecule has 1 aromatic carbocycles. The number of halogens is 1. The Morgan fingerprint density at radius 3 is 2.67 bits per heavy atom. The Morgan fingerprint density at radius 1 is 1.33 bits per heavy atom. The number of rotatable bonds is 2. The SMILES string of the molecule is CN1CCN(c2cccc(C(=O)OC(C)(C)C)c2)C(Cl)C1. The highest BCUT2D eigenvalue weighted by Gasteiger charge is 2.24. The molecule has 0 N–H and O–H groups in total. The topological polar surface area (TPSA) is 32.8 Å². The van der Waals surface area contributed by atoms with E-state index >= 15 is 0 Å². The summed E-state index contributed by atoms with van der Waals surface area (Å²) >= 11 is 6.42. The number of likely N-dealkylation sites (N-methyl/N-ethyl adjacent to an activating group) is 1. The van der Waals surface area contributed by atoms with Crippen molar-refractivity contribution in [2.45, 2.75) is 31.9 Å². The molecule has 0 amide bonds. The molecule has 0 spiro atoms. The number of anilines is 1. The van der Waals surface area contributed by atoms with E-state index in [0.717, 1.165) is 25.3 Å². The van der Waals surface area contributed by atoms with Crippen LogP contribution < -0.4 is 4.90 Å². The molecule has 1 unspecified atom stereocenters. The van der Waals surface area contributed by atoms with Crippen molar-refractivity contribution in [3.8, 4) is 0 Å². The van der Waals surface area contributed by atoms with Gasteiger partial charge in [-0.1, -0.05) is 17.7 Å². The van der Waals surface area contributed by atoms with Crippen LogP contribution in [0, 0.1) is 0 Å². The number of benzene rings is 1. The van der Waals surface area contributed by atoms with Crippen molar-refractivity contribution in [3.63, 3.8) is 0 Å². The fraction of sp³-hybridized carbons (Fsp3) is 0.562. The largest absolute Gasteiger partial charge is 0.456 e. The van der Waals surface area contributed by atoms with E-state index in [2.05, 4.69) is 16.8 Å². The molecule has 21 heavy (non-hydrogen) atoms. The molecule has 5 heteroatoms. The van der Waals surface area contributed by atoms with Crippen molar-refractivity contribution in [1.29, 1.82) is 0 Å². The van der Waals surface area contributed by atoms with Crippen LogP contribution in [0.2, 0.25) is 0 Å². The van der Waals surface area contributed by atoms with E-state index < -0.39 is 5.60 Å². The molecular weight excluding hydrogens is 288 g/mol. The van der Waals surface area contributed by atoms with Gasteiger partial charge in [0, 0.05) is 25.3 Å². The Hall–Kier alpha value is -1.26. The summed E-state index contributed by atoms with van der Waals surface area (Å²) in [5.74, 6) is -0.301. The van der Waals surface area contributed by atoms with Crippen molar-refractivity contribution in [2.24, 2.45) is 0 Å². The number of piperazine rings is 1. The highest BCUT2D eigenvalue weighted by Crippen LogP contribution is 2.24. The van der Waals surface area contributed by atoms with Crippen LogP contribution >= 0.6 is 11.6 Å². The van der Waals surface area contributed by atoms with Crippen LogP contribution in [0.25, 0.3) is 0 Å². The normalized spacial score (nSPS) is 20.4. The van der Waals surface area contributed by atoms with Crippen molar-refractivity contribution in [2.75, 3.05) is 31.6 Å². The maximum Gasteiger partial charge on any atom is 0.338 e. The number of nitrogens with zero attached hydrogens (tertiary/aromatic N) is 2. The fourth-order valence-electron chi connectivity index (χ4n) is 2.30. The summed E-state index contributed by atoms with van der Waals surface area (Å²) in [7, 11) is 2.06. The van der Waals surface area contributed by atoms with Gasteiger partial charge in [-0.3, -0.25) is 0 Å². The molecule has 4 nitrogen and oxygen atoms in total. The van der Waals surface area contributed by atoms with Crippen molar-refractivity contribution in [1.82, 2.24) is 4.90 Å². The Kier molecular flexibility index (Phi) is 4.79. The van der Waals surface area contributed by atoms with E-state index in [9.17, 15) is 4.79 Å². The summed E-state index contributed by atoms with van der Waals surface area (Å²) in [6.07, 6.45) is 0. The summed E-state index contributed by atoms with van der Waals surface area (Å²) in [4.78, 5) is 16.5. The van der Waals surface area contributed by atoms with Gasteiger partial charge in [-0.2, -0.15) is 0 Å². The van der Waals surface area contributed by atoms with Gasteiger partial charge >= 0.3 is 5.97 Å². The molecule has 0 bridgehead atoms. The van der Waals surface area contributed by atoms with E-state index in [-0.39, 0.29) is 11.5 Å². The molecule has 0 radical (unpaired) electrons. The Bertz CT molecular complexity index is 513. The van der Waals surface area contributed by atoms with Crippen LogP contribution in [0.3, 0.4) is 0 Å². The predicted octanol–water partition coefficient (Wildman–Crippen LogP) is 2.96. The Morgan fingerprint density at radius 2 is 2.05 bits per heavy atom. The average molecular weight is 311 g/mol. The maximum absolute atomic E-state index is 12.1. The zero-order valence-corrected chi connectivity index (χ0v) is 13.9. The second kappa shape index (κ2) is 6.24. The second-order valence-electron chi connectivity index (χ2n) is 6.44. The molecule has 0 aromatic heterocycles. The Balaban J connectivity index is 2.16. The average Bonchev–Trinajstić information content (AvgIpc) is 2.37. The van der Waals surface area contributed by atoms with Gasteiger partial charge in [-0.25, -0.2) is 4.79 Å². The Labute approximate surface area is 131 Å². The van der Waals surface area contributed by atoms with Gasteiger partial charge in [0.1, 0.15) is 11.1 Å². The van der Waals surface area contributed by atoms with Gasteiger partial charge in [0.15, 0.2) is 0 Å². The summed E-state index contributed by atoms with van der Waals surface area (Å²) in [5.41, 5.74) is 0.949. The molecular formula is C16H23ClN2O2. The van der Waals surface area contributed by atoms with E-state index in [1.54, 1.807) is 6.07 Å². The molecule has 1 heterocycles. The van der Waals surface area contributed by atoms with Crippen LogP contribution in [-0.4, -0.2) is 48.7 Å². The van der Waals surface area contributed by atoms with Crippen molar-refractivity contribution < 1.29 is 9.53 Å². The lowest BCUT2D eigenvalue weighted by molar-refractivity contribution is 0.00695. The first-order valence-electron chi connectivity index (χ1n) is 7.19. The van der Waals surface area contributed by atoms with E-state index in [1.165, 1.54) is 0 Å². The molecule has 0 saturated carbocycles. The monoisotopic (exact) mass is 310 g/mol. The lowest BCUT2D eigenvalue weighted by Crippen LogP contribution is -2.49. The summed E-state index contributed by atoms with van der Waals surface area (Å²) in [6.45, 7) is 8.21. The zero-order valence-electron chi connectivity index (χ0n) is 13.1. The number of esters is 1. The van der Waals surface area contributed by atoms with E-state index in [1.807, 2.05) is 39.0 Å². The molecule has 2 rings (SSSR count). The number of carbonyl (C=O) groups excluding carboxylic acids is 1. The standard InChI is InChI=1S/C16H23ClN2O2/c1-16(2,3)21-15(20)12-6-5-7-13(10-12)19-9-8-18(4)11-14(19)17/h5-7,10,14H,8-9,11H2,1-4H3. The van der Waals surface area contributed by atoms with Gasteiger partial charge in [0.05, 0.1) is 5.56 Å². The summed E-state index contributed by atoms with van der Waals surface area (Å²) < 4.78 is 5.41. The number of hydrogen-bond acceptors (Lipinski definition) is 4. The quantitative estimate of drug-likeness (QED) is 0.478. The first-order valence-corrected chi connectivity index (χ1v) is 7.62. The van der Waals surface area contributed by atoms with Gasteiger partial charge in [0.2, 0.25) is 0 Å². The van der Waals surface area contributed by atoms with Gasteiger partial charge in [-0.15, -0.1) is 0 Å². The molecule has 1 saturated heterocycles.